The van der Waals surface area contributed by atoms with Gasteiger partial charge in [-0.15, -0.1) is 0 Å². The average Bonchev–Trinajstić information content (AvgIpc) is 2.93. The highest BCUT2D eigenvalue weighted by molar-refractivity contribution is 6.34. The van der Waals surface area contributed by atoms with Gasteiger partial charge in [0, 0.05) is 28.2 Å². The van der Waals surface area contributed by atoms with Crippen LogP contribution in [0.3, 0.4) is 0 Å². The highest BCUT2D eigenvalue weighted by Crippen LogP contribution is 2.30. The van der Waals surface area contributed by atoms with Crippen molar-refractivity contribution in [1.29, 1.82) is 0 Å². The molecule has 4 aromatic carbocycles. The van der Waals surface area contributed by atoms with Crippen molar-refractivity contribution in [1.82, 2.24) is 0 Å². The van der Waals surface area contributed by atoms with Crippen LogP contribution in [0.25, 0.3) is 0 Å². The largest absolute Gasteiger partial charge is 0.497 e. The van der Waals surface area contributed by atoms with Crippen LogP contribution < -0.4 is 14.2 Å². The van der Waals surface area contributed by atoms with E-state index in [1.54, 1.807) is 13.2 Å². The van der Waals surface area contributed by atoms with E-state index in [2.05, 4.69) is 29.8 Å². The first kappa shape index (κ1) is 25.8. The van der Waals surface area contributed by atoms with E-state index in [-0.39, 0.29) is 0 Å². The van der Waals surface area contributed by atoms with Gasteiger partial charge in [-0.3, -0.25) is 0 Å². The minimum Gasteiger partial charge on any atom is -0.497 e. The van der Waals surface area contributed by atoms with Crippen molar-refractivity contribution in [2.24, 2.45) is 0 Å². The Hall–Kier alpha value is -3.80. The third kappa shape index (κ3) is 5.69. The molecule has 0 aliphatic carbocycles. The summed E-state index contributed by atoms with van der Waals surface area (Å²) in [6, 6.07) is 25.7. The summed E-state index contributed by atoms with van der Waals surface area (Å²) in [7, 11) is 1.67. The van der Waals surface area contributed by atoms with E-state index in [0.29, 0.717) is 23.5 Å². The van der Waals surface area contributed by atoms with Crippen LogP contribution in [0.2, 0.25) is 10.0 Å². The van der Waals surface area contributed by atoms with E-state index >= 15 is 0 Å². The van der Waals surface area contributed by atoms with Gasteiger partial charge >= 0.3 is 0 Å². The number of halogens is 2. The molecule has 0 radical (unpaired) electrons. The Labute approximate surface area is 232 Å². The lowest BCUT2D eigenvalue weighted by Gasteiger charge is -2.15. The quantitative estimate of drug-likeness (QED) is 0.249. The summed E-state index contributed by atoms with van der Waals surface area (Å²) in [4.78, 5) is 0. The Morgan fingerprint density at radius 1 is 0.658 bits per heavy atom. The lowest BCUT2D eigenvalue weighted by atomic mass is 10.1. The predicted molar refractivity (Wildman–Crippen MR) is 153 cm³/mol. The van der Waals surface area contributed by atoms with E-state index in [1.165, 1.54) is 5.56 Å². The second kappa shape index (κ2) is 11.3. The Balaban J connectivity index is 0.000000155. The van der Waals surface area contributed by atoms with Crippen LogP contribution in [-0.4, -0.2) is 42.2 Å². The minimum atomic E-state index is 0.453. The molecule has 6 rings (SSSR count). The molecule has 2 aliphatic heterocycles. The third-order valence-corrected chi connectivity index (χ3v) is 6.77. The van der Waals surface area contributed by atoms with Crippen LogP contribution >= 0.6 is 23.2 Å². The number of ether oxygens (including phenoxy) is 3. The molecule has 0 fully saturated rings. The number of fused-ring (bicyclic) bond motifs is 2. The maximum absolute atomic E-state index is 6.03. The summed E-state index contributed by atoms with van der Waals surface area (Å²) in [5.41, 5.74) is 6.45. The molecule has 0 unspecified atom stereocenters. The van der Waals surface area contributed by atoms with E-state index in [1.807, 2.05) is 78.4 Å². The lowest BCUT2D eigenvalue weighted by molar-refractivity contribution is -0.476. The molecule has 0 saturated heterocycles. The Morgan fingerprint density at radius 2 is 1.18 bits per heavy atom. The molecular formula is C31H28Cl2N2O3+2. The zero-order valence-corrected chi connectivity index (χ0v) is 23.0. The third-order valence-electron chi connectivity index (χ3n) is 6.33. The van der Waals surface area contributed by atoms with Gasteiger partial charge in [0.1, 0.15) is 17.2 Å². The normalized spacial score (nSPS) is 13.4. The molecule has 2 heterocycles. The summed E-state index contributed by atoms with van der Waals surface area (Å²) in [6.07, 6.45) is 4.16. The Morgan fingerprint density at radius 3 is 1.74 bits per heavy atom. The second-order valence-corrected chi connectivity index (χ2v) is 9.93. The van der Waals surface area contributed by atoms with E-state index in [0.717, 1.165) is 45.3 Å². The van der Waals surface area contributed by atoms with Gasteiger partial charge in [0.25, 0.3) is 13.5 Å². The fourth-order valence-corrected chi connectivity index (χ4v) is 4.93. The highest BCUT2D eigenvalue weighted by Gasteiger charge is 2.21. The first-order valence-electron chi connectivity index (χ1n) is 12.2. The van der Waals surface area contributed by atoms with Gasteiger partial charge in [0.2, 0.25) is 11.4 Å². The number of hydrogen-bond acceptors (Lipinski definition) is 3. The first-order chi connectivity index (χ1) is 18.4. The van der Waals surface area contributed by atoms with Crippen LogP contribution in [-0.2, 0) is 0 Å². The van der Waals surface area contributed by atoms with Crippen LogP contribution in [0.5, 0.6) is 17.2 Å². The maximum atomic E-state index is 6.03. The monoisotopic (exact) mass is 546 g/mol. The van der Waals surface area contributed by atoms with E-state index < -0.39 is 0 Å². The molecular weight excluding hydrogens is 519 g/mol. The first-order valence-corrected chi connectivity index (χ1v) is 12.9. The van der Waals surface area contributed by atoms with Crippen molar-refractivity contribution in [2.45, 2.75) is 13.8 Å². The molecule has 0 bridgehead atoms. The van der Waals surface area contributed by atoms with Crippen molar-refractivity contribution in [3.63, 3.8) is 0 Å². The predicted octanol–water partition coefficient (Wildman–Crippen LogP) is 7.53. The van der Waals surface area contributed by atoms with Gasteiger partial charge in [0.05, 0.1) is 24.3 Å². The van der Waals surface area contributed by atoms with E-state index in [4.69, 9.17) is 37.4 Å². The zero-order valence-electron chi connectivity index (χ0n) is 21.4. The number of nitrogens with zero attached hydrogens (tertiary/aromatic N) is 2. The molecule has 192 valence electrons. The highest BCUT2D eigenvalue weighted by atomic mass is 35.5. The maximum Gasteiger partial charge on any atom is 0.292 e. The van der Waals surface area contributed by atoms with Crippen LogP contribution in [0.1, 0.15) is 22.3 Å². The SMILES string of the molecule is COc1cccc([N+]2=Cc3cccc(C)c3OC2)c1.Cc1cccc2c1OC[N+](c1cc(Cl)cc(Cl)c1)=C2. The molecule has 5 nitrogen and oxygen atoms in total. The molecule has 0 saturated carbocycles. The van der Waals surface area contributed by atoms with Crippen molar-refractivity contribution in [3.05, 3.63) is 111 Å². The van der Waals surface area contributed by atoms with Crippen molar-refractivity contribution >= 4 is 47.0 Å². The van der Waals surface area contributed by atoms with Crippen LogP contribution in [0.15, 0.2) is 78.9 Å². The lowest BCUT2D eigenvalue weighted by Crippen LogP contribution is -2.21. The van der Waals surface area contributed by atoms with Crippen LogP contribution in [0.4, 0.5) is 11.4 Å². The molecule has 2 aliphatic rings. The molecule has 7 heteroatoms. The number of methoxy groups -OCH3 is 1. The topological polar surface area (TPSA) is 33.7 Å². The van der Waals surface area contributed by atoms with E-state index in [9.17, 15) is 0 Å². The summed E-state index contributed by atoms with van der Waals surface area (Å²) in [5.74, 6) is 2.76. The number of benzene rings is 4. The number of aryl methyl sites for hydroxylation is 2. The molecule has 0 spiro atoms. The zero-order chi connectivity index (χ0) is 26.6. The summed E-state index contributed by atoms with van der Waals surface area (Å²) in [5, 5.41) is 1.23. The minimum absolute atomic E-state index is 0.453. The van der Waals surface area contributed by atoms with Gasteiger partial charge < -0.3 is 14.2 Å². The van der Waals surface area contributed by atoms with Gasteiger partial charge in [-0.25, -0.2) is 0 Å². The summed E-state index contributed by atoms with van der Waals surface area (Å²) >= 11 is 12.1. The smallest absolute Gasteiger partial charge is 0.292 e. The van der Waals surface area contributed by atoms with Crippen molar-refractivity contribution in [3.8, 4) is 17.2 Å². The summed E-state index contributed by atoms with van der Waals surface area (Å²) in [6.45, 7) is 5.08. The summed E-state index contributed by atoms with van der Waals surface area (Å²) < 4.78 is 21.0. The number of para-hydroxylation sites is 2. The number of rotatable bonds is 3. The van der Waals surface area contributed by atoms with Crippen LogP contribution in [0, 0.1) is 13.8 Å². The fourth-order valence-electron chi connectivity index (χ4n) is 4.42. The Bertz CT molecular complexity index is 1540. The second-order valence-electron chi connectivity index (χ2n) is 9.06. The fraction of sp³-hybridized carbons (Fsp3) is 0.161. The van der Waals surface area contributed by atoms with Gasteiger partial charge in [0.15, 0.2) is 12.4 Å². The van der Waals surface area contributed by atoms with Crippen molar-refractivity contribution in [2.75, 3.05) is 20.6 Å². The molecule has 0 atom stereocenters. The molecule has 0 amide bonds. The molecule has 0 aromatic heterocycles. The standard InChI is InChI=1S/C16H16NO2.C15H12Cl2NO/c1-12-5-3-6-13-10-17(11-19-16(12)13)14-7-4-8-15(9-14)18-2;1-10-3-2-4-11-8-18(9-19-15(10)11)14-6-12(16)5-13(17)7-14/h3-10H,11H2,1-2H3;2-8H,9H2,1H3/q2*+1. The number of hydrogen-bond donors (Lipinski definition) is 0. The molecule has 38 heavy (non-hydrogen) atoms. The average molecular weight is 547 g/mol. The van der Waals surface area contributed by atoms with Gasteiger partial charge in [-0.05, 0) is 49.2 Å². The molecule has 4 aromatic rings. The van der Waals surface area contributed by atoms with Crippen molar-refractivity contribution < 1.29 is 23.4 Å². The molecule has 0 N–H and O–H groups in total. The van der Waals surface area contributed by atoms with Gasteiger partial charge in [-0.2, -0.15) is 9.15 Å². The Kier molecular flexibility index (Phi) is 7.68. The van der Waals surface area contributed by atoms with Gasteiger partial charge in [-0.1, -0.05) is 53.5 Å².